The van der Waals surface area contributed by atoms with Gasteiger partial charge in [-0.15, -0.1) is 0 Å². The van der Waals surface area contributed by atoms with Gasteiger partial charge in [-0.05, 0) is 36.0 Å². The van der Waals surface area contributed by atoms with Crippen LogP contribution in [0.25, 0.3) is 0 Å². The first kappa shape index (κ1) is 34.3. The minimum absolute atomic E-state index is 0.116. The number of hydrogen-bond acceptors (Lipinski definition) is 10. The second-order valence-corrected chi connectivity index (χ2v) is 14.4. The second-order valence-electron chi connectivity index (χ2n) is 14.4. The van der Waals surface area contributed by atoms with E-state index >= 15 is 0 Å². The lowest BCUT2D eigenvalue weighted by molar-refractivity contribution is -0.332. The predicted molar refractivity (Wildman–Crippen MR) is 153 cm³/mol. The maximum Gasteiger partial charge on any atom is 0.308 e. The lowest BCUT2D eigenvalue weighted by Crippen LogP contribution is -2.64. The molecule has 0 aromatic rings. The van der Waals surface area contributed by atoms with E-state index in [2.05, 4.69) is 20.8 Å². The fourth-order valence-corrected chi connectivity index (χ4v) is 6.40. The summed E-state index contributed by atoms with van der Waals surface area (Å²) in [6.45, 7) is 19.8. The summed E-state index contributed by atoms with van der Waals surface area (Å²) >= 11 is 0. The molecule has 42 heavy (non-hydrogen) atoms. The van der Waals surface area contributed by atoms with Gasteiger partial charge >= 0.3 is 23.9 Å². The molecule has 3 aliphatic rings. The van der Waals surface area contributed by atoms with Gasteiger partial charge in [0.1, 0.15) is 12.7 Å². The lowest BCUT2D eigenvalue weighted by Gasteiger charge is -2.49. The zero-order valence-corrected chi connectivity index (χ0v) is 27.3. The van der Waals surface area contributed by atoms with Gasteiger partial charge in [0.25, 0.3) is 0 Å². The van der Waals surface area contributed by atoms with Crippen molar-refractivity contribution in [3.63, 3.8) is 0 Å². The van der Waals surface area contributed by atoms with E-state index < -0.39 is 78.3 Å². The molecule has 0 unspecified atom stereocenters. The molecule has 0 radical (unpaired) electrons. The number of carbonyl (C=O) groups excluding carboxylic acids is 4. The van der Waals surface area contributed by atoms with Gasteiger partial charge in [-0.25, -0.2) is 0 Å². The summed E-state index contributed by atoms with van der Waals surface area (Å²) in [5, 5.41) is 0. The van der Waals surface area contributed by atoms with Crippen molar-refractivity contribution in [1.82, 2.24) is 0 Å². The maximum absolute atomic E-state index is 13.0. The van der Waals surface area contributed by atoms with Crippen molar-refractivity contribution < 1.29 is 47.6 Å². The molecule has 10 heteroatoms. The van der Waals surface area contributed by atoms with Crippen LogP contribution in [0.3, 0.4) is 0 Å². The molecule has 0 aromatic carbocycles. The molecule has 240 valence electrons. The van der Waals surface area contributed by atoms with Crippen LogP contribution in [0.2, 0.25) is 0 Å². The quantitative estimate of drug-likeness (QED) is 0.242. The molecule has 1 heterocycles. The second kappa shape index (κ2) is 13.2. The highest BCUT2D eigenvalue weighted by atomic mass is 16.7. The summed E-state index contributed by atoms with van der Waals surface area (Å²) in [5.74, 6) is -3.60. The van der Waals surface area contributed by atoms with Crippen molar-refractivity contribution >= 4 is 23.9 Å². The Bertz CT molecular complexity index is 997. The van der Waals surface area contributed by atoms with E-state index in [1.165, 1.54) is 0 Å². The van der Waals surface area contributed by atoms with Crippen molar-refractivity contribution in [2.45, 2.75) is 132 Å². The van der Waals surface area contributed by atoms with Crippen LogP contribution in [-0.2, 0) is 47.6 Å². The van der Waals surface area contributed by atoms with Crippen molar-refractivity contribution in [2.24, 2.45) is 40.4 Å². The van der Waals surface area contributed by atoms with Crippen LogP contribution >= 0.6 is 0 Å². The van der Waals surface area contributed by atoms with Gasteiger partial charge in [-0.3, -0.25) is 19.2 Å². The summed E-state index contributed by atoms with van der Waals surface area (Å²) in [4.78, 5) is 51.5. The van der Waals surface area contributed by atoms with E-state index in [1.54, 1.807) is 55.4 Å². The highest BCUT2D eigenvalue weighted by Crippen LogP contribution is 2.64. The van der Waals surface area contributed by atoms with Crippen molar-refractivity contribution in [3.05, 3.63) is 0 Å². The molecule has 10 nitrogen and oxygen atoms in total. The number of carbonyl (C=O) groups is 4. The number of esters is 4. The van der Waals surface area contributed by atoms with Crippen LogP contribution in [0, 0.1) is 40.4 Å². The zero-order chi connectivity index (χ0) is 31.7. The third-order valence-corrected chi connectivity index (χ3v) is 9.03. The zero-order valence-electron chi connectivity index (χ0n) is 27.3. The molecule has 1 aliphatic heterocycles. The summed E-state index contributed by atoms with van der Waals surface area (Å²) in [7, 11) is 0. The van der Waals surface area contributed by atoms with Gasteiger partial charge in [0, 0.05) is 0 Å². The molecule has 3 fully saturated rings. The average Bonchev–Trinajstić information content (AvgIpc) is 3.38. The summed E-state index contributed by atoms with van der Waals surface area (Å²) in [6.07, 6.45) is -3.08. The Morgan fingerprint density at radius 2 is 1.19 bits per heavy atom. The van der Waals surface area contributed by atoms with Gasteiger partial charge in [-0.2, -0.15) is 0 Å². The van der Waals surface area contributed by atoms with Gasteiger partial charge < -0.3 is 28.4 Å². The molecule has 0 aromatic heterocycles. The first-order chi connectivity index (χ1) is 19.4. The summed E-state index contributed by atoms with van der Waals surface area (Å²) in [5.41, 5.74) is -0.303. The van der Waals surface area contributed by atoms with Crippen LogP contribution in [0.4, 0.5) is 0 Å². The molecule has 1 saturated heterocycles. The van der Waals surface area contributed by atoms with Crippen LogP contribution < -0.4 is 0 Å². The highest BCUT2D eigenvalue weighted by Gasteiger charge is 2.63. The van der Waals surface area contributed by atoms with Crippen molar-refractivity contribution in [1.29, 1.82) is 0 Å². The van der Waals surface area contributed by atoms with E-state index in [0.717, 1.165) is 19.3 Å². The third kappa shape index (κ3) is 7.29. The van der Waals surface area contributed by atoms with Gasteiger partial charge in [0.2, 0.25) is 0 Å². The normalized spacial score (nSPS) is 33.7. The van der Waals surface area contributed by atoms with Crippen molar-refractivity contribution in [2.75, 3.05) is 6.61 Å². The van der Waals surface area contributed by atoms with E-state index in [4.69, 9.17) is 28.4 Å². The van der Waals surface area contributed by atoms with Crippen molar-refractivity contribution in [3.8, 4) is 0 Å². The molecule has 2 aliphatic carbocycles. The molecule has 2 saturated carbocycles. The SMILES string of the molecule is CC(C)C(=O)OC[C@H]1O[C@@H](O[C@H]2C(C)(C)[C@H]3CC[C@]2(C)C3)[C@H](OC(=O)C(C)C)[C@@H](OC(=O)C(C)C)[C@@H]1OC(=O)C(C)C. The summed E-state index contributed by atoms with van der Waals surface area (Å²) in [6, 6.07) is 0. The average molecular weight is 597 g/mol. The Morgan fingerprint density at radius 1 is 0.714 bits per heavy atom. The number of ether oxygens (including phenoxy) is 6. The number of hydrogen-bond donors (Lipinski definition) is 0. The fourth-order valence-electron chi connectivity index (χ4n) is 6.40. The van der Waals surface area contributed by atoms with Crippen LogP contribution in [0.1, 0.15) is 95.4 Å². The smallest absolute Gasteiger partial charge is 0.308 e. The Morgan fingerprint density at radius 3 is 1.64 bits per heavy atom. The molecule has 3 rings (SSSR count). The van der Waals surface area contributed by atoms with E-state index in [9.17, 15) is 19.2 Å². The monoisotopic (exact) mass is 596 g/mol. The predicted octanol–water partition coefficient (Wildman–Crippen LogP) is 4.85. The molecular weight excluding hydrogens is 544 g/mol. The summed E-state index contributed by atoms with van der Waals surface area (Å²) < 4.78 is 36.6. The minimum Gasteiger partial charge on any atom is -0.463 e. The molecular formula is C32H52O10. The lowest BCUT2D eigenvalue weighted by atomic mass is 9.70. The standard InChI is InChI=1S/C32H52O10/c1-16(2)25(33)37-15-21-22(39-26(34)17(3)4)23(40-27(35)18(5)6)24(41-28(36)19(7)8)29(38-21)42-30-31(9,10)20-12-13-32(30,11)14-20/h16-24,29-30H,12-15H2,1-11H3/t20-,21+,22+,23-,24+,29-,30-,32+/m0/s1. The first-order valence-electron chi connectivity index (χ1n) is 15.5. The topological polar surface area (TPSA) is 124 Å². The van der Waals surface area contributed by atoms with E-state index in [1.807, 2.05) is 0 Å². The molecule has 0 N–H and O–H groups in total. The molecule has 0 amide bonds. The number of rotatable bonds is 11. The largest absolute Gasteiger partial charge is 0.463 e. The maximum atomic E-state index is 13.0. The van der Waals surface area contributed by atoms with Crippen LogP contribution in [0.5, 0.6) is 0 Å². The Labute approximate surface area is 250 Å². The van der Waals surface area contributed by atoms with Gasteiger partial charge in [-0.1, -0.05) is 76.2 Å². The van der Waals surface area contributed by atoms with Gasteiger partial charge in [0.15, 0.2) is 24.6 Å². The molecule has 8 atom stereocenters. The number of fused-ring (bicyclic) bond motifs is 2. The minimum atomic E-state index is -1.26. The first-order valence-corrected chi connectivity index (χ1v) is 15.5. The third-order valence-electron chi connectivity index (χ3n) is 9.03. The van der Waals surface area contributed by atoms with Crippen LogP contribution in [0.15, 0.2) is 0 Å². The van der Waals surface area contributed by atoms with Crippen LogP contribution in [-0.4, -0.2) is 67.3 Å². The highest BCUT2D eigenvalue weighted by molar-refractivity contribution is 5.74. The Hall–Kier alpha value is -2.20. The van der Waals surface area contributed by atoms with E-state index in [-0.39, 0.29) is 23.5 Å². The van der Waals surface area contributed by atoms with E-state index in [0.29, 0.717) is 5.92 Å². The molecule has 2 bridgehead atoms. The fraction of sp³-hybridized carbons (Fsp3) is 0.875. The molecule has 0 spiro atoms. The van der Waals surface area contributed by atoms with Gasteiger partial charge in [0.05, 0.1) is 29.8 Å². The Kier molecular flexibility index (Phi) is 10.8. The Balaban J connectivity index is 2.08.